The van der Waals surface area contributed by atoms with Crippen LogP contribution in [0.4, 0.5) is 17.1 Å². The zero-order chi connectivity index (χ0) is 44.2. The summed E-state index contributed by atoms with van der Waals surface area (Å²) in [4.78, 5) is 2.50. The van der Waals surface area contributed by atoms with Crippen LogP contribution in [0.25, 0.3) is 82.8 Å². The van der Waals surface area contributed by atoms with Crippen LogP contribution >= 0.6 is 0 Å². The van der Waals surface area contributed by atoms with Gasteiger partial charge in [0.15, 0.2) is 5.58 Å². The van der Waals surface area contributed by atoms with Gasteiger partial charge in [0.05, 0.1) is 22.1 Å². The molecule has 0 saturated heterocycles. The maximum absolute atomic E-state index is 7.30. The molecule has 2 aromatic heterocycles. The van der Waals surface area contributed by atoms with E-state index in [0.29, 0.717) is 0 Å². The van der Waals surface area contributed by atoms with Crippen LogP contribution in [-0.2, 0) is 10.8 Å². The number of furan rings is 1. The van der Waals surface area contributed by atoms with E-state index >= 15 is 0 Å². The van der Waals surface area contributed by atoms with E-state index in [1.807, 2.05) is 0 Å². The van der Waals surface area contributed by atoms with Gasteiger partial charge in [-0.15, -0.1) is 0 Å². The predicted octanol–water partition coefficient (Wildman–Crippen LogP) is 16.8. The Morgan fingerprint density at radius 1 is 0.403 bits per heavy atom. The third kappa shape index (κ3) is 4.65. The van der Waals surface area contributed by atoms with Gasteiger partial charge >= 0.3 is 0 Å². The average Bonchev–Trinajstić information content (AvgIpc) is 4.14. The Labute approximate surface area is 388 Å². The van der Waals surface area contributed by atoms with Crippen molar-refractivity contribution in [3.05, 3.63) is 252 Å². The first-order chi connectivity index (χ1) is 33.0. The molecule has 2 heterocycles. The van der Waals surface area contributed by atoms with E-state index in [9.17, 15) is 0 Å². The number of rotatable bonds is 4. The van der Waals surface area contributed by atoms with Gasteiger partial charge < -0.3 is 13.9 Å². The highest BCUT2D eigenvalue weighted by molar-refractivity contribution is 6.20. The van der Waals surface area contributed by atoms with Crippen molar-refractivity contribution in [3.8, 4) is 39.1 Å². The number of hydrogen-bond acceptors (Lipinski definition) is 2. The quantitative estimate of drug-likeness (QED) is 0.176. The third-order valence-corrected chi connectivity index (χ3v) is 15.6. The van der Waals surface area contributed by atoms with Crippen molar-refractivity contribution in [2.24, 2.45) is 0 Å². The molecule has 67 heavy (non-hydrogen) atoms. The molecule has 0 unspecified atom stereocenters. The number of benzene rings is 10. The first-order valence-corrected chi connectivity index (χ1v) is 23.4. The fraction of sp³-hybridized carbons (Fsp3) is 0.0625. The third-order valence-electron chi connectivity index (χ3n) is 15.6. The summed E-state index contributed by atoms with van der Waals surface area (Å²) in [5.41, 5.74) is 23.2. The van der Waals surface area contributed by atoms with E-state index in [2.05, 4.69) is 242 Å². The Balaban J connectivity index is 1.10. The first-order valence-electron chi connectivity index (χ1n) is 23.4. The molecule has 12 aromatic rings. The van der Waals surface area contributed by atoms with Crippen molar-refractivity contribution in [1.82, 2.24) is 4.57 Å². The highest BCUT2D eigenvalue weighted by Gasteiger charge is 2.53. The zero-order valence-electron chi connectivity index (χ0n) is 37.1. The fourth-order valence-electron chi connectivity index (χ4n) is 12.8. The summed E-state index contributed by atoms with van der Waals surface area (Å²) in [7, 11) is 0. The van der Waals surface area contributed by atoms with Crippen LogP contribution in [0.2, 0.25) is 0 Å². The summed E-state index contributed by atoms with van der Waals surface area (Å²) >= 11 is 0. The molecule has 15 rings (SSSR count). The predicted molar refractivity (Wildman–Crippen MR) is 277 cm³/mol. The summed E-state index contributed by atoms with van der Waals surface area (Å²) in [6, 6.07) is 81.1. The Morgan fingerprint density at radius 2 is 0.940 bits per heavy atom. The van der Waals surface area contributed by atoms with Gasteiger partial charge in [-0.05, 0) is 121 Å². The lowest BCUT2D eigenvalue weighted by atomic mass is 9.70. The fourth-order valence-corrected chi connectivity index (χ4v) is 12.8. The molecule has 0 fully saturated rings. The minimum Gasteiger partial charge on any atom is -0.454 e. The molecular formula is C64H42N2O. The van der Waals surface area contributed by atoms with E-state index in [4.69, 9.17) is 4.42 Å². The van der Waals surface area contributed by atoms with E-state index < -0.39 is 5.41 Å². The SMILES string of the molecule is CC1(C)c2ccccc2-c2ccc(N(c3ccc4c5ccccc5n(-c5ccccc5)c4c3)c3cc4c(c5c3oc3ccccc35)-c3ccccc3C43c4ccccc4-c4ccccc43)cc21. The zero-order valence-corrected chi connectivity index (χ0v) is 37.1. The molecular weight excluding hydrogens is 813 g/mol. The van der Waals surface area contributed by atoms with Crippen LogP contribution in [0.5, 0.6) is 0 Å². The van der Waals surface area contributed by atoms with Gasteiger partial charge in [0, 0.05) is 44.0 Å². The highest BCUT2D eigenvalue weighted by Crippen LogP contribution is 2.65. The van der Waals surface area contributed by atoms with Crippen molar-refractivity contribution in [3.63, 3.8) is 0 Å². The Morgan fingerprint density at radius 3 is 1.69 bits per heavy atom. The van der Waals surface area contributed by atoms with Crippen molar-refractivity contribution in [2.45, 2.75) is 24.7 Å². The lowest BCUT2D eigenvalue weighted by Crippen LogP contribution is -2.26. The van der Waals surface area contributed by atoms with Gasteiger partial charge in [-0.25, -0.2) is 0 Å². The number of fused-ring (bicyclic) bond motifs is 20. The molecule has 3 aliphatic rings. The summed E-state index contributed by atoms with van der Waals surface area (Å²) in [6.07, 6.45) is 0. The molecule has 0 N–H and O–H groups in total. The Bertz CT molecular complexity index is 4040. The van der Waals surface area contributed by atoms with E-state index in [1.54, 1.807) is 0 Å². The standard InChI is InChI=1S/C64H42N2O/c1-63(2)50-26-12-6-20-42(50)45-34-32-40(36-54(45)63)65(41-33-35-47-46-23-10-16-30-56(46)66(57(47)37-41)39-18-4-3-5-19-39)58-38-55-60(61-49-25-11-17-31-59(49)67-62(58)61)48-24-9-15-29-53(48)64(55)51-27-13-7-21-43(51)44-22-8-14-28-52(44)64/h3-38H,1-2H3. The summed E-state index contributed by atoms with van der Waals surface area (Å²) in [5, 5.41) is 4.71. The molecule has 1 spiro atoms. The molecule has 3 heteroatoms. The molecule has 0 bridgehead atoms. The van der Waals surface area contributed by atoms with Crippen LogP contribution < -0.4 is 4.90 Å². The second-order valence-corrected chi connectivity index (χ2v) is 19.1. The minimum atomic E-state index is -0.558. The van der Waals surface area contributed by atoms with Crippen molar-refractivity contribution in [2.75, 3.05) is 4.90 Å². The molecule has 3 aliphatic carbocycles. The van der Waals surface area contributed by atoms with E-state index in [-0.39, 0.29) is 5.41 Å². The lowest BCUT2D eigenvalue weighted by molar-refractivity contribution is 0.660. The molecule has 0 saturated carbocycles. The van der Waals surface area contributed by atoms with Crippen molar-refractivity contribution < 1.29 is 4.42 Å². The van der Waals surface area contributed by atoms with Gasteiger partial charge in [-0.3, -0.25) is 0 Å². The monoisotopic (exact) mass is 854 g/mol. The molecule has 3 nitrogen and oxygen atoms in total. The van der Waals surface area contributed by atoms with Crippen LogP contribution in [0.15, 0.2) is 223 Å². The highest BCUT2D eigenvalue weighted by atomic mass is 16.3. The van der Waals surface area contributed by atoms with Crippen LogP contribution in [0.1, 0.15) is 47.2 Å². The number of hydrogen-bond donors (Lipinski definition) is 0. The minimum absolute atomic E-state index is 0.202. The van der Waals surface area contributed by atoms with Crippen molar-refractivity contribution in [1.29, 1.82) is 0 Å². The smallest absolute Gasteiger partial charge is 0.160 e. The molecule has 0 amide bonds. The maximum atomic E-state index is 7.30. The topological polar surface area (TPSA) is 21.3 Å². The Hall–Kier alpha value is -8.40. The maximum Gasteiger partial charge on any atom is 0.160 e. The molecule has 314 valence electrons. The van der Waals surface area contributed by atoms with E-state index in [0.717, 1.165) is 50.2 Å². The lowest BCUT2D eigenvalue weighted by Gasteiger charge is -2.32. The van der Waals surface area contributed by atoms with Crippen LogP contribution in [-0.4, -0.2) is 4.57 Å². The summed E-state index contributed by atoms with van der Waals surface area (Å²) < 4.78 is 9.73. The van der Waals surface area contributed by atoms with Gasteiger partial charge in [0.1, 0.15) is 5.58 Å². The Kier molecular flexibility index (Phi) is 7.22. The summed E-state index contributed by atoms with van der Waals surface area (Å²) in [6.45, 7) is 4.75. The second-order valence-electron chi connectivity index (χ2n) is 19.1. The molecule has 0 atom stereocenters. The van der Waals surface area contributed by atoms with Gasteiger partial charge in [0.2, 0.25) is 0 Å². The van der Waals surface area contributed by atoms with Crippen molar-refractivity contribution >= 4 is 60.8 Å². The number of aromatic nitrogens is 1. The number of anilines is 3. The first kappa shape index (κ1) is 36.9. The van der Waals surface area contributed by atoms with Crippen LogP contribution in [0.3, 0.4) is 0 Å². The number of nitrogens with zero attached hydrogens (tertiary/aromatic N) is 2. The normalized spacial score (nSPS) is 14.4. The van der Waals surface area contributed by atoms with E-state index in [1.165, 1.54) is 83.1 Å². The molecule has 0 aliphatic heterocycles. The van der Waals surface area contributed by atoms with Crippen LogP contribution in [0, 0.1) is 0 Å². The second kappa shape index (κ2) is 13.1. The number of para-hydroxylation sites is 3. The van der Waals surface area contributed by atoms with Gasteiger partial charge in [-0.2, -0.15) is 0 Å². The summed E-state index contributed by atoms with van der Waals surface area (Å²) in [5.74, 6) is 0. The largest absolute Gasteiger partial charge is 0.454 e. The molecule has 0 radical (unpaired) electrons. The molecule has 10 aromatic carbocycles. The van der Waals surface area contributed by atoms with Gasteiger partial charge in [0.25, 0.3) is 0 Å². The van der Waals surface area contributed by atoms with Gasteiger partial charge in [-0.1, -0.05) is 178 Å². The average molecular weight is 855 g/mol.